The van der Waals surface area contributed by atoms with Gasteiger partial charge in [-0.2, -0.15) is 0 Å². The van der Waals surface area contributed by atoms with Crippen LogP contribution in [0.2, 0.25) is 0 Å². The van der Waals surface area contributed by atoms with E-state index in [1.54, 1.807) is 13.2 Å². The summed E-state index contributed by atoms with van der Waals surface area (Å²) in [5.74, 6) is 1.32. The number of morpholine rings is 1. The van der Waals surface area contributed by atoms with E-state index in [0.717, 1.165) is 6.54 Å². The predicted octanol–water partition coefficient (Wildman–Crippen LogP) is 0.863. The van der Waals surface area contributed by atoms with Gasteiger partial charge in [0.2, 0.25) is 0 Å². The molecule has 0 N–H and O–H groups in total. The number of hydrogen-bond acceptors (Lipinski definition) is 5. The van der Waals surface area contributed by atoms with E-state index in [9.17, 15) is 4.79 Å². The van der Waals surface area contributed by atoms with Gasteiger partial charge in [0.25, 0.3) is 5.91 Å². The Morgan fingerprint density at radius 2 is 2.18 bits per heavy atom. The van der Waals surface area contributed by atoms with Gasteiger partial charge in [0, 0.05) is 19.2 Å². The number of nitrogens with zero attached hydrogens (tertiary/aromatic N) is 2. The highest BCUT2D eigenvalue weighted by atomic mass is 16.5. The molecule has 0 spiro atoms. The van der Waals surface area contributed by atoms with Gasteiger partial charge in [0.05, 0.1) is 26.4 Å². The fraction of sp³-hybridized carbons (Fsp3) is 0.562. The number of hydrogen-bond donors (Lipinski definition) is 0. The number of rotatable bonds is 6. The van der Waals surface area contributed by atoms with Gasteiger partial charge in [-0.15, -0.1) is 0 Å². The van der Waals surface area contributed by atoms with Gasteiger partial charge in [-0.25, -0.2) is 0 Å². The van der Waals surface area contributed by atoms with Gasteiger partial charge in [-0.05, 0) is 26.2 Å². The molecule has 22 heavy (non-hydrogen) atoms. The van der Waals surface area contributed by atoms with E-state index in [1.807, 2.05) is 37.2 Å². The van der Waals surface area contributed by atoms with Crippen LogP contribution in [0.1, 0.15) is 0 Å². The maximum Gasteiger partial charge on any atom is 0.260 e. The molecule has 1 aromatic carbocycles. The Labute approximate surface area is 131 Å². The monoisotopic (exact) mass is 308 g/mol. The SMILES string of the molecule is COc1cccc(OCC(=O)N2CCOCC2CN(C)C)c1. The molecule has 1 atom stereocenters. The number of benzene rings is 1. The van der Waals surface area contributed by atoms with Crippen molar-refractivity contribution < 1.29 is 19.0 Å². The number of carbonyl (C=O) groups is 1. The molecular formula is C16H24N2O4. The Morgan fingerprint density at radius 3 is 2.91 bits per heavy atom. The van der Waals surface area contributed by atoms with E-state index in [4.69, 9.17) is 14.2 Å². The van der Waals surface area contributed by atoms with Crippen LogP contribution in [0, 0.1) is 0 Å². The minimum absolute atomic E-state index is 0.0158. The predicted molar refractivity (Wildman–Crippen MR) is 83.4 cm³/mol. The van der Waals surface area contributed by atoms with Gasteiger partial charge in [0.1, 0.15) is 11.5 Å². The summed E-state index contributed by atoms with van der Waals surface area (Å²) < 4.78 is 16.2. The van der Waals surface area contributed by atoms with E-state index in [0.29, 0.717) is 31.3 Å². The lowest BCUT2D eigenvalue weighted by Gasteiger charge is -2.36. The second-order valence-corrected chi connectivity index (χ2v) is 5.55. The van der Waals surface area contributed by atoms with Crippen molar-refractivity contribution in [3.8, 4) is 11.5 Å². The van der Waals surface area contributed by atoms with Crippen LogP contribution >= 0.6 is 0 Å². The lowest BCUT2D eigenvalue weighted by atomic mass is 10.2. The maximum atomic E-state index is 12.4. The summed E-state index contributed by atoms with van der Waals surface area (Å²) in [6, 6.07) is 7.33. The first-order chi connectivity index (χ1) is 10.6. The Kier molecular flexibility index (Phi) is 6.03. The first-order valence-electron chi connectivity index (χ1n) is 7.39. The van der Waals surface area contributed by atoms with Crippen LogP contribution < -0.4 is 9.47 Å². The Balaban J connectivity index is 1.91. The zero-order valence-corrected chi connectivity index (χ0v) is 13.4. The highest BCUT2D eigenvalue weighted by Gasteiger charge is 2.27. The molecule has 0 radical (unpaired) electrons. The van der Waals surface area contributed by atoms with Crippen molar-refractivity contribution in [2.24, 2.45) is 0 Å². The van der Waals surface area contributed by atoms with Crippen LogP contribution in [-0.4, -0.2) is 75.9 Å². The lowest BCUT2D eigenvalue weighted by Crippen LogP contribution is -2.53. The first-order valence-corrected chi connectivity index (χ1v) is 7.39. The van der Waals surface area contributed by atoms with Crippen molar-refractivity contribution in [3.05, 3.63) is 24.3 Å². The third kappa shape index (κ3) is 4.61. The van der Waals surface area contributed by atoms with Gasteiger partial charge in [0.15, 0.2) is 6.61 Å². The molecule has 1 aromatic rings. The van der Waals surface area contributed by atoms with Crippen LogP contribution in [-0.2, 0) is 9.53 Å². The van der Waals surface area contributed by atoms with E-state index < -0.39 is 0 Å². The molecule has 1 amide bonds. The molecule has 0 saturated carbocycles. The summed E-state index contributed by atoms with van der Waals surface area (Å²) in [5.41, 5.74) is 0. The van der Waals surface area contributed by atoms with Crippen LogP contribution in [0.15, 0.2) is 24.3 Å². The van der Waals surface area contributed by atoms with Gasteiger partial charge in [-0.3, -0.25) is 4.79 Å². The number of methoxy groups -OCH3 is 1. The fourth-order valence-corrected chi connectivity index (χ4v) is 2.47. The number of ether oxygens (including phenoxy) is 3. The normalized spacial score (nSPS) is 18.4. The topological polar surface area (TPSA) is 51.2 Å². The number of amides is 1. The van der Waals surface area contributed by atoms with Crippen molar-refractivity contribution in [1.29, 1.82) is 0 Å². The molecule has 0 aliphatic carbocycles. The van der Waals surface area contributed by atoms with Crippen molar-refractivity contribution in [3.63, 3.8) is 0 Å². The summed E-state index contributed by atoms with van der Waals surface area (Å²) in [6.45, 7) is 2.57. The molecule has 6 nitrogen and oxygen atoms in total. The highest BCUT2D eigenvalue weighted by molar-refractivity contribution is 5.78. The van der Waals surface area contributed by atoms with E-state index in [-0.39, 0.29) is 18.6 Å². The molecule has 0 bridgehead atoms. The first kappa shape index (κ1) is 16.6. The smallest absolute Gasteiger partial charge is 0.260 e. The van der Waals surface area contributed by atoms with Crippen molar-refractivity contribution in [2.45, 2.75) is 6.04 Å². The molecule has 1 saturated heterocycles. The van der Waals surface area contributed by atoms with Crippen molar-refractivity contribution in [2.75, 3.05) is 54.1 Å². The average Bonchev–Trinajstić information content (AvgIpc) is 2.53. The number of carbonyl (C=O) groups excluding carboxylic acids is 1. The van der Waals surface area contributed by atoms with Crippen LogP contribution in [0.5, 0.6) is 11.5 Å². The molecule has 122 valence electrons. The summed E-state index contributed by atoms with van der Waals surface area (Å²) in [6.07, 6.45) is 0. The van der Waals surface area contributed by atoms with Crippen molar-refractivity contribution in [1.82, 2.24) is 9.80 Å². The minimum atomic E-state index is -0.0158. The summed E-state index contributed by atoms with van der Waals surface area (Å²) in [4.78, 5) is 16.3. The largest absolute Gasteiger partial charge is 0.497 e. The summed E-state index contributed by atoms with van der Waals surface area (Å²) in [5, 5.41) is 0. The third-order valence-corrected chi connectivity index (χ3v) is 3.53. The second-order valence-electron chi connectivity index (χ2n) is 5.55. The maximum absolute atomic E-state index is 12.4. The van der Waals surface area contributed by atoms with Crippen LogP contribution in [0.3, 0.4) is 0 Å². The average molecular weight is 308 g/mol. The molecule has 2 rings (SSSR count). The third-order valence-electron chi connectivity index (χ3n) is 3.53. The molecule has 1 aliphatic rings. The molecule has 0 aromatic heterocycles. The van der Waals surface area contributed by atoms with Crippen molar-refractivity contribution >= 4 is 5.91 Å². The van der Waals surface area contributed by atoms with Crippen LogP contribution in [0.4, 0.5) is 0 Å². The minimum Gasteiger partial charge on any atom is -0.497 e. The second kappa shape index (κ2) is 8.00. The van der Waals surface area contributed by atoms with Gasteiger partial charge in [-0.1, -0.05) is 6.07 Å². The molecule has 1 heterocycles. The highest BCUT2D eigenvalue weighted by Crippen LogP contribution is 2.19. The molecule has 1 fully saturated rings. The fourth-order valence-electron chi connectivity index (χ4n) is 2.47. The molecule has 6 heteroatoms. The van der Waals surface area contributed by atoms with E-state index in [2.05, 4.69) is 4.90 Å². The van der Waals surface area contributed by atoms with Gasteiger partial charge < -0.3 is 24.0 Å². The quantitative estimate of drug-likeness (QED) is 0.780. The van der Waals surface area contributed by atoms with E-state index >= 15 is 0 Å². The summed E-state index contributed by atoms with van der Waals surface area (Å²) >= 11 is 0. The Morgan fingerprint density at radius 1 is 1.41 bits per heavy atom. The zero-order chi connectivity index (χ0) is 15.9. The Bertz CT molecular complexity index is 493. The molecule has 1 unspecified atom stereocenters. The standard InChI is InChI=1S/C16H24N2O4/c1-17(2)10-13-11-21-8-7-18(13)16(19)12-22-15-6-4-5-14(9-15)20-3/h4-6,9,13H,7-8,10-12H2,1-3H3. The van der Waals surface area contributed by atoms with Crippen LogP contribution in [0.25, 0.3) is 0 Å². The molecular weight excluding hydrogens is 284 g/mol. The molecule has 1 aliphatic heterocycles. The van der Waals surface area contributed by atoms with Gasteiger partial charge >= 0.3 is 0 Å². The zero-order valence-electron chi connectivity index (χ0n) is 13.4. The lowest BCUT2D eigenvalue weighted by molar-refractivity contribution is -0.142. The Hall–Kier alpha value is -1.79. The van der Waals surface area contributed by atoms with E-state index in [1.165, 1.54) is 0 Å². The number of likely N-dealkylation sites (N-methyl/N-ethyl adjacent to an activating group) is 1. The summed E-state index contributed by atoms with van der Waals surface area (Å²) in [7, 11) is 5.58.